The highest BCUT2D eigenvalue weighted by molar-refractivity contribution is 8.76. The monoisotopic (exact) mass is 357 g/mol. The lowest BCUT2D eigenvalue weighted by Crippen LogP contribution is -2.51. The summed E-state index contributed by atoms with van der Waals surface area (Å²) in [5.41, 5.74) is 1.79. The van der Waals surface area contributed by atoms with Gasteiger partial charge in [0.25, 0.3) is 0 Å². The van der Waals surface area contributed by atoms with Gasteiger partial charge in [-0.25, -0.2) is 4.98 Å². The van der Waals surface area contributed by atoms with Gasteiger partial charge in [-0.2, -0.15) is 0 Å². The van der Waals surface area contributed by atoms with E-state index in [1.54, 1.807) is 19.0 Å². The van der Waals surface area contributed by atoms with Crippen molar-refractivity contribution in [3.8, 4) is 0 Å². The Balaban J connectivity index is 2.41. The quantitative estimate of drug-likeness (QED) is 0.416. The van der Waals surface area contributed by atoms with Gasteiger partial charge in [-0.15, -0.1) is 0 Å². The number of hydrogen-bond donors (Lipinski definition) is 4. The standard InChI is InChI=1S/C14H21N5O2S2/c1-3-17-10(13(15)20)8-19-14(21)11(16-2)9-22-23-12-6-4-5-7-18-12/h3-7,10-11,16-17H,1,8-9H2,2H3,(H2,15,20)(H,19,21)/t10-,11-/m0/s1/i/hT. The van der Waals surface area contributed by atoms with Crippen LogP contribution in [0.25, 0.3) is 0 Å². The molecular weight excluding hydrogens is 334 g/mol. The minimum Gasteiger partial charge on any atom is -0.379 e. The second-order valence-corrected chi connectivity index (χ2v) is 6.77. The molecule has 1 rings (SSSR count). The maximum atomic E-state index is 12.2. The molecule has 0 spiro atoms. The molecule has 2 amide bonds. The van der Waals surface area contributed by atoms with E-state index < -0.39 is 18.0 Å². The highest BCUT2D eigenvalue weighted by Gasteiger charge is 2.19. The number of pyridine rings is 1. The smallest absolute Gasteiger partial charge is 0.241 e. The molecule has 1 aromatic heterocycles. The van der Waals surface area contributed by atoms with E-state index in [1.165, 1.54) is 27.8 Å². The van der Waals surface area contributed by atoms with Crippen molar-refractivity contribution in [1.29, 1.82) is 0 Å². The van der Waals surface area contributed by atoms with Crippen LogP contribution in [0, 0.1) is 0 Å². The molecule has 1 aromatic rings. The number of nitrogens with two attached hydrogens (primary N) is 1. The molecule has 0 bridgehead atoms. The first-order valence-electron chi connectivity index (χ1n) is 7.36. The van der Waals surface area contributed by atoms with Gasteiger partial charge in [0.2, 0.25) is 11.8 Å². The van der Waals surface area contributed by atoms with Gasteiger partial charge in [-0.3, -0.25) is 9.59 Å². The van der Waals surface area contributed by atoms with E-state index in [2.05, 4.69) is 27.5 Å². The predicted octanol–water partition coefficient (Wildman–Crippen LogP) is 0.113. The zero-order valence-corrected chi connectivity index (χ0v) is 14.4. The van der Waals surface area contributed by atoms with E-state index in [4.69, 9.17) is 1.41 Å². The number of hydrogen-bond acceptors (Lipinski definition) is 7. The van der Waals surface area contributed by atoms with Crippen LogP contribution in [0.2, 0.25) is 1.41 Å². The van der Waals surface area contributed by atoms with Crippen molar-refractivity contribution in [3.05, 3.63) is 37.2 Å². The summed E-state index contributed by atoms with van der Waals surface area (Å²) < 4.78 is 6.89. The van der Waals surface area contributed by atoms with E-state index in [1.807, 2.05) is 18.2 Å². The van der Waals surface area contributed by atoms with Crippen molar-refractivity contribution < 1.29 is 11.0 Å². The fourth-order valence-corrected chi connectivity index (χ4v) is 3.70. The highest BCUT2D eigenvalue weighted by atomic mass is 33.1. The normalized spacial score (nSPS) is 13.3. The van der Waals surface area contributed by atoms with Crippen LogP contribution in [0.15, 0.2) is 42.2 Å². The molecule has 0 unspecified atom stereocenters. The number of aromatic nitrogens is 1. The summed E-state index contributed by atoms with van der Waals surface area (Å²) in [7, 11) is 4.71. The molecule has 7 nitrogen and oxygen atoms in total. The third kappa shape index (κ3) is 7.40. The molecular formula is C14H21N5O2S2. The molecule has 23 heavy (non-hydrogen) atoms. The van der Waals surface area contributed by atoms with Gasteiger partial charge >= 0.3 is 0 Å². The van der Waals surface area contributed by atoms with Crippen LogP contribution in [-0.4, -0.2) is 48.2 Å². The van der Waals surface area contributed by atoms with Crippen molar-refractivity contribution in [1.82, 2.24) is 20.9 Å². The fourth-order valence-electron chi connectivity index (χ4n) is 1.54. The van der Waals surface area contributed by atoms with Gasteiger partial charge in [0, 0.05) is 18.5 Å². The number of carbonyl (C=O) groups is 2. The average Bonchev–Trinajstić information content (AvgIpc) is 2.62. The minimum atomic E-state index is -0.739. The molecule has 0 saturated carbocycles. The van der Waals surface area contributed by atoms with Crippen molar-refractivity contribution >= 4 is 33.4 Å². The lowest BCUT2D eigenvalue weighted by molar-refractivity contribution is -0.123. The SMILES string of the molecule is [3H]NC(=O)[C@H](CNC(=O)[C@H](CSSc1ccccn1)NC)NC=C. The second-order valence-electron chi connectivity index (χ2n) is 4.41. The number of carbonyl (C=O) groups excluding carboxylic acids is 2. The lowest BCUT2D eigenvalue weighted by Gasteiger charge is -2.18. The Labute approximate surface area is 145 Å². The van der Waals surface area contributed by atoms with Gasteiger partial charge in [-0.05, 0) is 36.2 Å². The van der Waals surface area contributed by atoms with Crippen LogP contribution >= 0.6 is 21.6 Å². The van der Waals surface area contributed by atoms with Crippen LogP contribution in [-0.2, 0) is 9.59 Å². The number of likely N-dealkylation sites (N-methyl/N-ethyl adjacent to an activating group) is 1. The van der Waals surface area contributed by atoms with Crippen LogP contribution < -0.4 is 21.7 Å². The maximum Gasteiger partial charge on any atom is 0.241 e. The van der Waals surface area contributed by atoms with Gasteiger partial charge in [0.1, 0.15) is 11.1 Å². The molecule has 0 radical (unpaired) electrons. The summed E-state index contributed by atoms with van der Waals surface area (Å²) in [4.78, 5) is 27.9. The molecule has 2 atom stereocenters. The Morgan fingerprint density at radius 1 is 1.52 bits per heavy atom. The number of primary amides is 1. The number of nitrogens with one attached hydrogen (secondary N) is 3. The lowest BCUT2D eigenvalue weighted by atomic mass is 10.2. The molecule has 0 aliphatic rings. The zero-order valence-electron chi connectivity index (χ0n) is 13.7. The summed E-state index contributed by atoms with van der Waals surface area (Å²) in [6.07, 6.45) is 3.07. The molecule has 9 heteroatoms. The fraction of sp³-hybridized carbons (Fsp3) is 0.357. The van der Waals surface area contributed by atoms with Gasteiger partial charge in [0.05, 0.1) is 6.04 Å². The Kier molecular flexibility index (Phi) is 8.38. The molecule has 0 fully saturated rings. The molecule has 126 valence electrons. The van der Waals surface area contributed by atoms with Crippen LogP contribution in [0.5, 0.6) is 0 Å². The van der Waals surface area contributed by atoms with Crippen LogP contribution in [0.1, 0.15) is 0 Å². The topological polar surface area (TPSA) is 109 Å². The van der Waals surface area contributed by atoms with Crippen LogP contribution in [0.3, 0.4) is 0 Å². The number of nitrogens with zero attached hydrogens (tertiary/aromatic N) is 1. The molecule has 0 aliphatic carbocycles. The third-order valence-electron chi connectivity index (χ3n) is 2.80. The first-order chi connectivity index (χ1) is 11.6. The maximum absolute atomic E-state index is 12.2. The van der Waals surface area contributed by atoms with E-state index >= 15 is 0 Å². The summed E-state index contributed by atoms with van der Waals surface area (Å²) >= 11 is 0. The van der Waals surface area contributed by atoms with Crippen LogP contribution in [0.4, 0.5) is 0 Å². The van der Waals surface area contributed by atoms with E-state index in [9.17, 15) is 9.59 Å². The first kappa shape index (κ1) is 17.6. The van der Waals surface area contributed by atoms with Crippen molar-refractivity contribution in [2.45, 2.75) is 17.1 Å². The second kappa shape index (κ2) is 10.9. The predicted molar refractivity (Wildman–Crippen MR) is 94.7 cm³/mol. The molecule has 0 saturated heterocycles. The summed E-state index contributed by atoms with van der Waals surface area (Å²) in [6.45, 7) is 3.54. The highest BCUT2D eigenvalue weighted by Crippen LogP contribution is 2.29. The zero-order chi connectivity index (χ0) is 17.8. The summed E-state index contributed by atoms with van der Waals surface area (Å²) in [6, 6.07) is 4.50. The molecule has 1 heterocycles. The van der Waals surface area contributed by atoms with Gasteiger partial charge in [-0.1, -0.05) is 23.4 Å². The van der Waals surface area contributed by atoms with Crippen molar-refractivity contribution in [2.75, 3.05) is 19.3 Å². The Morgan fingerprint density at radius 3 is 2.96 bits per heavy atom. The minimum absolute atomic E-state index is 0.0613. The Hall–Kier alpha value is -1.71. The average molecular weight is 357 g/mol. The molecule has 5 N–H and O–H groups in total. The Morgan fingerprint density at radius 2 is 2.35 bits per heavy atom. The largest absolute Gasteiger partial charge is 0.379 e. The van der Waals surface area contributed by atoms with E-state index in [0.29, 0.717) is 5.75 Å². The van der Waals surface area contributed by atoms with E-state index in [0.717, 1.165) is 5.03 Å². The van der Waals surface area contributed by atoms with Crippen molar-refractivity contribution in [3.63, 3.8) is 0 Å². The summed E-state index contributed by atoms with van der Waals surface area (Å²) in [5, 5.41) is 9.20. The molecule has 0 aliphatic heterocycles. The number of rotatable bonds is 11. The van der Waals surface area contributed by atoms with E-state index in [-0.39, 0.29) is 12.5 Å². The van der Waals surface area contributed by atoms with Gasteiger partial charge < -0.3 is 21.7 Å². The Bertz CT molecular complexity index is 535. The van der Waals surface area contributed by atoms with Crippen molar-refractivity contribution in [2.24, 2.45) is 5.73 Å². The first-order valence-corrected chi connectivity index (χ1v) is 9.18. The summed E-state index contributed by atoms with van der Waals surface area (Å²) in [5.74, 6) is -0.232. The van der Waals surface area contributed by atoms with Gasteiger partial charge in [0.15, 0.2) is 1.41 Å². The number of amides is 2. The third-order valence-corrected chi connectivity index (χ3v) is 5.07. The molecule has 0 aromatic carbocycles.